The van der Waals surface area contributed by atoms with Crippen LogP contribution in [0.25, 0.3) is 0 Å². The molecule has 1 aromatic heterocycles. The van der Waals surface area contributed by atoms with Gasteiger partial charge in [0.15, 0.2) is 0 Å². The predicted octanol–water partition coefficient (Wildman–Crippen LogP) is 1.70. The number of nitrogens with zero attached hydrogens (tertiary/aromatic N) is 2. The molecule has 1 saturated heterocycles. The highest BCUT2D eigenvalue weighted by Gasteiger charge is 2.45. The molecular formula is C10H11ClN2O3S2. The van der Waals surface area contributed by atoms with Crippen LogP contribution in [0.5, 0.6) is 0 Å². The van der Waals surface area contributed by atoms with Gasteiger partial charge in [-0.1, -0.05) is 11.6 Å². The molecule has 0 N–H and O–H groups in total. The van der Waals surface area contributed by atoms with E-state index in [-0.39, 0.29) is 10.8 Å². The molecule has 0 aromatic carbocycles. The van der Waals surface area contributed by atoms with Gasteiger partial charge in [-0.05, 0) is 12.1 Å². The second-order valence-corrected chi connectivity index (χ2v) is 7.89. The fourth-order valence-corrected chi connectivity index (χ4v) is 4.86. The molecule has 0 bridgehead atoms. The Morgan fingerprint density at radius 3 is 2.78 bits per heavy atom. The molecule has 8 heteroatoms. The van der Waals surface area contributed by atoms with E-state index in [2.05, 4.69) is 6.07 Å². The molecule has 1 aliphatic rings. The van der Waals surface area contributed by atoms with E-state index < -0.39 is 15.6 Å². The molecule has 0 saturated carbocycles. The van der Waals surface area contributed by atoms with E-state index in [1.54, 1.807) is 0 Å². The van der Waals surface area contributed by atoms with E-state index in [1.165, 1.54) is 19.2 Å². The summed E-state index contributed by atoms with van der Waals surface area (Å²) in [6.45, 7) is 0.483. The molecule has 2 rings (SSSR count). The highest BCUT2D eigenvalue weighted by molar-refractivity contribution is 7.91. The molecule has 0 amide bonds. The number of hydrogen-bond donors (Lipinski definition) is 0. The van der Waals surface area contributed by atoms with Crippen molar-refractivity contribution >= 4 is 33.0 Å². The Morgan fingerprint density at radius 2 is 2.33 bits per heavy atom. The van der Waals surface area contributed by atoms with Crippen LogP contribution in [0.2, 0.25) is 4.34 Å². The quantitative estimate of drug-likeness (QED) is 0.852. The van der Waals surface area contributed by atoms with Crippen molar-refractivity contribution in [3.63, 3.8) is 0 Å². The summed E-state index contributed by atoms with van der Waals surface area (Å²) < 4.78 is 31.5. The van der Waals surface area contributed by atoms with Crippen LogP contribution in [0.4, 0.5) is 0 Å². The molecule has 0 unspecified atom stereocenters. The smallest absolute Gasteiger partial charge is 0.253 e. The molecule has 1 fully saturated rings. The predicted molar refractivity (Wildman–Crippen MR) is 68.1 cm³/mol. The summed E-state index contributed by atoms with van der Waals surface area (Å²) >= 11 is 6.72. The third-order valence-electron chi connectivity index (χ3n) is 2.98. The first-order chi connectivity index (χ1) is 8.42. The maximum atomic E-state index is 12.4. The third-order valence-corrected chi connectivity index (χ3v) is 6.60. The van der Waals surface area contributed by atoms with Crippen LogP contribution in [0.15, 0.2) is 16.3 Å². The zero-order valence-electron chi connectivity index (χ0n) is 9.59. The fourth-order valence-electron chi connectivity index (χ4n) is 1.76. The van der Waals surface area contributed by atoms with Crippen LogP contribution in [0.3, 0.4) is 0 Å². The Kier molecular flexibility index (Phi) is 3.67. The van der Waals surface area contributed by atoms with Gasteiger partial charge in [0.25, 0.3) is 10.0 Å². The van der Waals surface area contributed by atoms with E-state index in [0.29, 0.717) is 17.4 Å². The Bertz CT molecular complexity index is 585. The van der Waals surface area contributed by atoms with Gasteiger partial charge >= 0.3 is 0 Å². The molecular weight excluding hydrogens is 296 g/mol. The summed E-state index contributed by atoms with van der Waals surface area (Å²) in [6.07, 6.45) is 0.373. The minimum Gasteiger partial charge on any atom is -0.378 e. The minimum atomic E-state index is -3.71. The standard InChI is InChI=1S/C10H11ClN2O3S2/c1-13(10(6-12)4-5-16-7-10)18(14,15)9-3-2-8(11)17-9/h2-3H,4-5,7H2,1H3/t10-/m1/s1. The maximum absolute atomic E-state index is 12.4. The first-order valence-electron chi connectivity index (χ1n) is 5.16. The summed E-state index contributed by atoms with van der Waals surface area (Å²) in [5.41, 5.74) is -1.12. The van der Waals surface area contributed by atoms with Crippen molar-refractivity contribution in [2.75, 3.05) is 20.3 Å². The number of likely N-dealkylation sites (N-methyl/N-ethyl adjacent to an activating group) is 1. The lowest BCUT2D eigenvalue weighted by atomic mass is 10.0. The van der Waals surface area contributed by atoms with E-state index in [0.717, 1.165) is 15.6 Å². The van der Waals surface area contributed by atoms with Crippen LogP contribution in [0, 0.1) is 11.3 Å². The molecule has 1 atom stereocenters. The van der Waals surface area contributed by atoms with Gasteiger partial charge in [-0.2, -0.15) is 9.57 Å². The Hall–Kier alpha value is -0.650. The topological polar surface area (TPSA) is 70.4 Å². The van der Waals surface area contributed by atoms with E-state index in [1.807, 2.05) is 0 Å². The first-order valence-corrected chi connectivity index (χ1v) is 7.79. The molecule has 98 valence electrons. The maximum Gasteiger partial charge on any atom is 0.253 e. The molecule has 1 aromatic rings. The first kappa shape index (κ1) is 13.8. The third kappa shape index (κ3) is 2.15. The lowest BCUT2D eigenvalue weighted by Gasteiger charge is -2.29. The molecule has 1 aliphatic heterocycles. The Labute approximate surface area is 115 Å². The lowest BCUT2D eigenvalue weighted by Crippen LogP contribution is -2.48. The SMILES string of the molecule is CN([C@@]1(C#N)CCOC1)S(=O)(=O)c1ccc(Cl)s1. The van der Waals surface area contributed by atoms with Crippen molar-refractivity contribution in [1.82, 2.24) is 4.31 Å². The highest BCUT2D eigenvalue weighted by atomic mass is 35.5. The van der Waals surface area contributed by atoms with Gasteiger partial charge in [0.2, 0.25) is 0 Å². The molecule has 2 heterocycles. The number of nitriles is 1. The van der Waals surface area contributed by atoms with Gasteiger partial charge in [-0.25, -0.2) is 8.42 Å². The minimum absolute atomic E-state index is 0.0956. The van der Waals surface area contributed by atoms with Crippen LogP contribution >= 0.6 is 22.9 Å². The number of hydrogen-bond acceptors (Lipinski definition) is 5. The van der Waals surface area contributed by atoms with Gasteiger partial charge in [-0.3, -0.25) is 0 Å². The number of rotatable bonds is 3. The van der Waals surface area contributed by atoms with Crippen LogP contribution in [-0.2, 0) is 14.8 Å². The molecule has 0 radical (unpaired) electrons. The zero-order chi connectivity index (χ0) is 13.4. The Morgan fingerprint density at radius 1 is 1.61 bits per heavy atom. The average molecular weight is 307 g/mol. The fraction of sp³-hybridized carbons (Fsp3) is 0.500. The summed E-state index contributed by atoms with van der Waals surface area (Å²) in [5, 5.41) is 9.24. The second-order valence-electron chi connectivity index (χ2n) is 3.98. The average Bonchev–Trinajstić information content (AvgIpc) is 2.97. The van der Waals surface area contributed by atoms with Crippen molar-refractivity contribution in [3.05, 3.63) is 16.5 Å². The van der Waals surface area contributed by atoms with Gasteiger partial charge in [-0.15, -0.1) is 11.3 Å². The summed E-state index contributed by atoms with van der Waals surface area (Å²) in [7, 11) is -2.30. The van der Waals surface area contributed by atoms with Gasteiger partial charge in [0.1, 0.15) is 9.75 Å². The van der Waals surface area contributed by atoms with Crippen molar-refractivity contribution in [2.45, 2.75) is 16.2 Å². The Balaban J connectivity index is 2.39. The van der Waals surface area contributed by atoms with Crippen molar-refractivity contribution in [3.8, 4) is 6.07 Å². The van der Waals surface area contributed by atoms with Crippen molar-refractivity contribution < 1.29 is 13.2 Å². The van der Waals surface area contributed by atoms with Gasteiger partial charge in [0, 0.05) is 20.1 Å². The van der Waals surface area contributed by atoms with Gasteiger partial charge in [0.05, 0.1) is 17.0 Å². The van der Waals surface area contributed by atoms with E-state index in [4.69, 9.17) is 16.3 Å². The molecule has 18 heavy (non-hydrogen) atoms. The summed E-state index contributed by atoms with van der Waals surface area (Å²) in [6, 6.07) is 5.02. The molecule has 0 spiro atoms. The monoisotopic (exact) mass is 306 g/mol. The number of sulfonamides is 1. The molecule has 0 aliphatic carbocycles. The van der Waals surface area contributed by atoms with E-state index in [9.17, 15) is 13.7 Å². The van der Waals surface area contributed by atoms with Crippen LogP contribution in [0.1, 0.15) is 6.42 Å². The van der Waals surface area contributed by atoms with Crippen LogP contribution in [-0.4, -0.2) is 38.5 Å². The van der Waals surface area contributed by atoms with Gasteiger partial charge < -0.3 is 4.74 Å². The van der Waals surface area contributed by atoms with E-state index >= 15 is 0 Å². The molecule has 5 nitrogen and oxygen atoms in total. The normalized spacial score (nSPS) is 24.3. The summed E-state index contributed by atoms with van der Waals surface area (Å²) in [5.74, 6) is 0. The zero-order valence-corrected chi connectivity index (χ0v) is 12.0. The van der Waals surface area contributed by atoms with Crippen molar-refractivity contribution in [1.29, 1.82) is 5.26 Å². The summed E-state index contributed by atoms with van der Waals surface area (Å²) in [4.78, 5) is 0. The number of halogens is 1. The lowest BCUT2D eigenvalue weighted by molar-refractivity contribution is 0.163. The van der Waals surface area contributed by atoms with Crippen LogP contribution < -0.4 is 0 Å². The highest BCUT2D eigenvalue weighted by Crippen LogP contribution is 2.33. The second kappa shape index (κ2) is 4.79. The van der Waals surface area contributed by atoms with Crippen molar-refractivity contribution in [2.24, 2.45) is 0 Å². The largest absolute Gasteiger partial charge is 0.378 e. The number of thiophene rings is 1. The number of ether oxygens (including phenoxy) is 1.